The summed E-state index contributed by atoms with van der Waals surface area (Å²) < 4.78 is 10.5. The Morgan fingerprint density at radius 3 is 2.12 bits per heavy atom. The second kappa shape index (κ2) is 13.8. The lowest BCUT2D eigenvalue weighted by atomic mass is 9.75. The first-order valence-corrected chi connectivity index (χ1v) is 10.00. The molecule has 0 radical (unpaired) electrons. The van der Waals surface area contributed by atoms with Gasteiger partial charge in [-0.25, -0.2) is 4.79 Å². The van der Waals surface area contributed by atoms with Gasteiger partial charge in [0.05, 0.1) is 13.2 Å². The van der Waals surface area contributed by atoms with Crippen LogP contribution in [0.15, 0.2) is 0 Å². The van der Waals surface area contributed by atoms with Gasteiger partial charge in [0.2, 0.25) is 5.91 Å². The van der Waals surface area contributed by atoms with E-state index in [0.29, 0.717) is 24.4 Å². The smallest absolute Gasteiger partial charge is 0.407 e. The minimum absolute atomic E-state index is 0.127. The number of nitrogens with zero attached hydrogens (tertiary/aromatic N) is 1. The van der Waals surface area contributed by atoms with Crippen LogP contribution >= 0.6 is 0 Å². The van der Waals surface area contributed by atoms with Crippen molar-refractivity contribution in [2.75, 3.05) is 34.4 Å². The summed E-state index contributed by atoms with van der Waals surface area (Å²) in [6, 6.07) is -0.718. The molecule has 1 aliphatic rings. The molecule has 154 valence electrons. The summed E-state index contributed by atoms with van der Waals surface area (Å²) in [4.78, 5) is 25.6. The fourth-order valence-electron chi connectivity index (χ4n) is 3.44. The van der Waals surface area contributed by atoms with Crippen LogP contribution in [0.2, 0.25) is 0 Å². The van der Waals surface area contributed by atoms with E-state index in [2.05, 4.69) is 19.2 Å². The Kier molecular flexibility index (Phi) is 13.2. The van der Waals surface area contributed by atoms with Crippen molar-refractivity contribution in [3.05, 3.63) is 0 Å². The average Bonchev–Trinajstić information content (AvgIpc) is 2.63. The van der Waals surface area contributed by atoms with Crippen LogP contribution in [0.1, 0.15) is 59.8 Å². The quantitative estimate of drug-likeness (QED) is 0.705. The van der Waals surface area contributed by atoms with Crippen LogP contribution in [0.3, 0.4) is 0 Å². The number of hydrogen-bond acceptors (Lipinski definition) is 4. The van der Waals surface area contributed by atoms with E-state index in [4.69, 9.17) is 9.47 Å². The van der Waals surface area contributed by atoms with E-state index in [1.165, 1.54) is 44.1 Å². The van der Waals surface area contributed by atoms with Gasteiger partial charge in [-0.1, -0.05) is 59.8 Å². The van der Waals surface area contributed by atoms with Crippen LogP contribution in [0.4, 0.5) is 4.79 Å². The minimum Gasteiger partial charge on any atom is -0.449 e. The Labute approximate surface area is 160 Å². The topological polar surface area (TPSA) is 67.9 Å². The third kappa shape index (κ3) is 8.88. The third-order valence-electron chi connectivity index (χ3n) is 4.88. The lowest BCUT2D eigenvalue weighted by molar-refractivity contribution is -0.132. The van der Waals surface area contributed by atoms with Crippen LogP contribution in [0.25, 0.3) is 0 Å². The molecule has 2 unspecified atom stereocenters. The largest absolute Gasteiger partial charge is 0.449 e. The van der Waals surface area contributed by atoms with Gasteiger partial charge in [-0.2, -0.15) is 0 Å². The van der Waals surface area contributed by atoms with E-state index >= 15 is 0 Å². The monoisotopic (exact) mass is 372 g/mol. The van der Waals surface area contributed by atoms with Crippen molar-refractivity contribution in [3.8, 4) is 0 Å². The van der Waals surface area contributed by atoms with Gasteiger partial charge < -0.3 is 19.7 Å². The number of ether oxygens (including phenoxy) is 2. The van der Waals surface area contributed by atoms with E-state index in [1.807, 2.05) is 13.8 Å². The van der Waals surface area contributed by atoms with Gasteiger partial charge in [0.25, 0.3) is 0 Å². The summed E-state index contributed by atoms with van der Waals surface area (Å²) in [6.07, 6.45) is 5.75. The first-order chi connectivity index (χ1) is 12.4. The van der Waals surface area contributed by atoms with Gasteiger partial charge in [-0.3, -0.25) is 4.79 Å². The number of methoxy groups -OCH3 is 1. The molecule has 0 saturated heterocycles. The number of carbonyl (C=O) groups excluding carboxylic acids is 2. The summed E-state index contributed by atoms with van der Waals surface area (Å²) in [5.74, 6) is 1.27. The molecular weight excluding hydrogens is 332 g/mol. The summed E-state index contributed by atoms with van der Waals surface area (Å²) in [7, 11) is 4.80. The third-order valence-corrected chi connectivity index (χ3v) is 4.88. The normalized spacial score (nSPS) is 16.9. The second-order valence-electron chi connectivity index (χ2n) is 7.29. The first-order valence-electron chi connectivity index (χ1n) is 10.00. The van der Waals surface area contributed by atoms with Crippen molar-refractivity contribution in [3.63, 3.8) is 0 Å². The van der Waals surface area contributed by atoms with Crippen LogP contribution in [-0.2, 0) is 14.3 Å². The fourth-order valence-corrected chi connectivity index (χ4v) is 3.44. The summed E-state index contributed by atoms with van der Waals surface area (Å²) in [5.41, 5.74) is 0. The molecule has 1 N–H and O–H groups in total. The zero-order valence-corrected chi connectivity index (χ0v) is 17.8. The second-order valence-corrected chi connectivity index (χ2v) is 7.29. The highest BCUT2D eigenvalue weighted by Crippen LogP contribution is 2.34. The number of rotatable bonds is 8. The number of amides is 2. The van der Waals surface area contributed by atoms with Crippen molar-refractivity contribution in [2.45, 2.75) is 65.8 Å². The van der Waals surface area contributed by atoms with Gasteiger partial charge in [-0.05, 0) is 17.8 Å². The molecule has 1 fully saturated rings. The van der Waals surface area contributed by atoms with Crippen molar-refractivity contribution in [1.82, 2.24) is 10.2 Å². The molecule has 0 aromatic heterocycles. The Morgan fingerprint density at radius 2 is 1.65 bits per heavy atom. The standard InChI is InChI=1S/C18H34N2O4.C2H6/c1-13(2)15(14-9-7-6-8-10-14)11-24-18(22)19-16(12-23-5)17(21)20(3)4;1-2/h13-16H,6-12H2,1-5H3,(H,19,22);1-2H3. The molecule has 26 heavy (non-hydrogen) atoms. The zero-order chi connectivity index (χ0) is 20.1. The van der Waals surface area contributed by atoms with E-state index in [0.717, 1.165) is 0 Å². The van der Waals surface area contributed by atoms with Crippen LogP contribution in [-0.4, -0.2) is 57.4 Å². The van der Waals surface area contributed by atoms with E-state index in [-0.39, 0.29) is 12.5 Å². The molecule has 1 rings (SSSR count). The summed E-state index contributed by atoms with van der Waals surface area (Å²) in [5, 5.41) is 2.62. The number of nitrogens with one attached hydrogen (secondary N) is 1. The number of carbonyl (C=O) groups is 2. The molecule has 0 aliphatic heterocycles. The number of hydrogen-bond donors (Lipinski definition) is 1. The minimum atomic E-state index is -0.718. The maximum Gasteiger partial charge on any atom is 0.407 e. The number of likely N-dealkylation sites (N-methyl/N-ethyl adjacent to an activating group) is 1. The SMILES string of the molecule is CC.COCC(NC(=O)OCC(C(C)C)C1CCCCC1)C(=O)N(C)C. The average molecular weight is 373 g/mol. The Morgan fingerprint density at radius 1 is 1.08 bits per heavy atom. The predicted molar refractivity (Wildman–Crippen MR) is 105 cm³/mol. The van der Waals surface area contributed by atoms with E-state index in [9.17, 15) is 9.59 Å². The maximum atomic E-state index is 12.1. The van der Waals surface area contributed by atoms with Gasteiger partial charge in [0.1, 0.15) is 6.04 Å². The highest BCUT2D eigenvalue weighted by atomic mass is 16.5. The van der Waals surface area contributed by atoms with Gasteiger partial charge >= 0.3 is 6.09 Å². The lowest BCUT2D eigenvalue weighted by Gasteiger charge is -2.32. The van der Waals surface area contributed by atoms with Crippen LogP contribution < -0.4 is 5.32 Å². The Hall–Kier alpha value is -1.30. The predicted octanol–water partition coefficient (Wildman–Crippen LogP) is 3.69. The highest BCUT2D eigenvalue weighted by Gasteiger charge is 2.28. The molecule has 2 amide bonds. The van der Waals surface area contributed by atoms with Gasteiger partial charge in [-0.15, -0.1) is 0 Å². The molecule has 1 saturated carbocycles. The first kappa shape index (κ1) is 24.7. The van der Waals surface area contributed by atoms with E-state index < -0.39 is 12.1 Å². The molecule has 6 nitrogen and oxygen atoms in total. The van der Waals surface area contributed by atoms with E-state index in [1.54, 1.807) is 14.1 Å². The molecule has 0 spiro atoms. The van der Waals surface area contributed by atoms with Gasteiger partial charge in [0.15, 0.2) is 0 Å². The summed E-state index contributed by atoms with van der Waals surface area (Å²) >= 11 is 0. The van der Waals surface area contributed by atoms with Crippen LogP contribution in [0.5, 0.6) is 0 Å². The lowest BCUT2D eigenvalue weighted by Crippen LogP contribution is -2.49. The van der Waals surface area contributed by atoms with Crippen molar-refractivity contribution < 1.29 is 19.1 Å². The van der Waals surface area contributed by atoms with Crippen molar-refractivity contribution >= 4 is 12.0 Å². The molecule has 6 heteroatoms. The highest BCUT2D eigenvalue weighted by molar-refractivity contribution is 5.85. The molecule has 1 aliphatic carbocycles. The van der Waals surface area contributed by atoms with Gasteiger partial charge in [0, 0.05) is 21.2 Å². The molecule has 0 aromatic rings. The van der Waals surface area contributed by atoms with Crippen LogP contribution in [0, 0.1) is 17.8 Å². The molecule has 0 bridgehead atoms. The summed E-state index contributed by atoms with van der Waals surface area (Å²) in [6.45, 7) is 8.90. The Balaban J connectivity index is 0.00000301. The number of alkyl carbamates (subject to hydrolysis) is 1. The van der Waals surface area contributed by atoms with Crippen molar-refractivity contribution in [2.24, 2.45) is 17.8 Å². The molecular formula is C20H40N2O4. The molecule has 2 atom stereocenters. The zero-order valence-electron chi connectivity index (χ0n) is 17.8. The Bertz CT molecular complexity index is 393. The molecule has 0 heterocycles. The molecule has 0 aromatic carbocycles. The fraction of sp³-hybridized carbons (Fsp3) is 0.900. The van der Waals surface area contributed by atoms with Crippen molar-refractivity contribution in [1.29, 1.82) is 0 Å². The maximum absolute atomic E-state index is 12.1.